The van der Waals surface area contributed by atoms with E-state index in [2.05, 4.69) is 0 Å². The van der Waals surface area contributed by atoms with Crippen molar-refractivity contribution in [1.29, 1.82) is 0 Å². The molecule has 12 heavy (non-hydrogen) atoms. The van der Waals surface area contributed by atoms with E-state index >= 15 is 0 Å². The van der Waals surface area contributed by atoms with Gasteiger partial charge in [-0.1, -0.05) is 12.1 Å². The maximum Gasteiger partial charge on any atom is 1.00 e. The number of rotatable bonds is 1. The van der Waals surface area contributed by atoms with Gasteiger partial charge in [-0.05, 0) is 34.7 Å². The molecular weight excluding hydrogens is 483 g/mol. The van der Waals surface area contributed by atoms with Gasteiger partial charge in [-0.3, -0.25) is 0 Å². The summed E-state index contributed by atoms with van der Waals surface area (Å²) in [5.74, 6) is 0. The van der Waals surface area contributed by atoms with Crippen molar-refractivity contribution in [3.63, 3.8) is 0 Å². The predicted octanol–water partition coefficient (Wildman–Crippen LogP) is 0.815. The molecule has 1 aromatic rings. The summed E-state index contributed by atoms with van der Waals surface area (Å²) < 4.78 is 31.9. The summed E-state index contributed by atoms with van der Waals surface area (Å²) in [5.41, 5.74) is 0. The Morgan fingerprint density at radius 1 is 1.25 bits per heavy atom. The van der Waals surface area contributed by atoms with Crippen molar-refractivity contribution in [2.24, 2.45) is 0 Å². The second kappa shape index (κ2) is 4.86. The third-order valence-electron chi connectivity index (χ3n) is 1.11. The molecule has 0 heterocycles. The van der Waals surface area contributed by atoms with Crippen LogP contribution in [0.4, 0.5) is 0 Å². The van der Waals surface area contributed by atoms with Crippen LogP contribution in [0.5, 0.6) is 0 Å². The zero-order valence-electron chi connectivity index (χ0n) is 5.90. The number of benzene rings is 1. The summed E-state index contributed by atoms with van der Waals surface area (Å²) >= 11 is 1.81. The average molecular weight is 487 g/mol. The van der Waals surface area contributed by atoms with Crippen LogP contribution in [0.2, 0.25) is 0 Å². The van der Waals surface area contributed by atoms with Crippen molar-refractivity contribution in [1.82, 2.24) is 0 Å². The zero-order chi connectivity index (χ0) is 8.48. The van der Waals surface area contributed by atoms with Gasteiger partial charge in [0.2, 0.25) is 0 Å². The Kier molecular flexibility index (Phi) is 5.18. The Labute approximate surface area is 105 Å². The quantitative estimate of drug-likeness (QED) is 0.335. The molecule has 3 nitrogen and oxygen atoms in total. The maximum atomic E-state index is 10.5. The smallest absolute Gasteiger partial charge is 0.744 e. The Hall–Kier alpha value is 0.782. The summed E-state index contributed by atoms with van der Waals surface area (Å²) in [4.78, 5) is -0.152. The fourth-order valence-electron chi connectivity index (χ4n) is 0.647. The number of hydrogen-bond acceptors (Lipinski definition) is 3. The van der Waals surface area contributed by atoms with Crippen LogP contribution >= 0.6 is 22.6 Å². The molecule has 0 N–H and O–H groups in total. The van der Waals surface area contributed by atoms with Gasteiger partial charge in [0.1, 0.15) is 10.1 Å². The van der Waals surface area contributed by atoms with Crippen molar-refractivity contribution >= 4 is 60.0 Å². The van der Waals surface area contributed by atoms with Crippen LogP contribution in [-0.2, 0) is 10.1 Å². The van der Waals surface area contributed by atoms with Gasteiger partial charge in [0.15, 0.2) is 0 Å². The van der Waals surface area contributed by atoms with Crippen LogP contribution in [-0.4, -0.2) is 40.3 Å². The van der Waals surface area contributed by atoms with Gasteiger partial charge in [-0.2, -0.15) is 0 Å². The minimum absolute atomic E-state index is 0. The van der Waals surface area contributed by atoms with E-state index in [0.29, 0.717) is 3.57 Å². The number of halogens is 1. The molecular formula is C6H4IO3STl. The molecule has 0 atom stereocenters. The molecule has 62 valence electrons. The van der Waals surface area contributed by atoms with Crippen molar-refractivity contribution in [3.05, 3.63) is 27.8 Å². The molecule has 0 fully saturated rings. The van der Waals surface area contributed by atoms with Gasteiger partial charge in [-0.25, -0.2) is 8.42 Å². The van der Waals surface area contributed by atoms with Crippen LogP contribution in [0.15, 0.2) is 29.2 Å². The molecule has 0 saturated heterocycles. The van der Waals surface area contributed by atoms with Crippen molar-refractivity contribution in [3.8, 4) is 0 Å². The molecule has 0 aromatic heterocycles. The predicted molar refractivity (Wildman–Crippen MR) is 52.9 cm³/mol. The van der Waals surface area contributed by atoms with Crippen molar-refractivity contribution < 1.29 is 13.0 Å². The second-order valence-electron chi connectivity index (χ2n) is 1.88. The summed E-state index contributed by atoms with van der Waals surface area (Å²) in [6.07, 6.45) is 0. The van der Waals surface area contributed by atoms with Crippen molar-refractivity contribution in [2.45, 2.75) is 4.90 Å². The normalized spacial score (nSPS) is 10.5. The van der Waals surface area contributed by atoms with Gasteiger partial charge >= 0.3 is 27.3 Å². The summed E-state index contributed by atoms with van der Waals surface area (Å²) in [7, 11) is -4.29. The van der Waals surface area contributed by atoms with E-state index in [9.17, 15) is 13.0 Å². The summed E-state index contributed by atoms with van der Waals surface area (Å²) in [6, 6.07) is 6.07. The Morgan fingerprint density at radius 3 is 2.08 bits per heavy atom. The molecule has 0 saturated carbocycles. The van der Waals surface area contributed by atoms with Crippen LogP contribution in [0.3, 0.4) is 0 Å². The molecule has 0 aliphatic carbocycles. The fourth-order valence-corrected chi connectivity index (χ4v) is 2.40. The minimum Gasteiger partial charge on any atom is -0.744 e. The van der Waals surface area contributed by atoms with Gasteiger partial charge in [0.05, 0.1) is 4.90 Å². The van der Waals surface area contributed by atoms with Gasteiger partial charge in [0, 0.05) is 3.57 Å². The van der Waals surface area contributed by atoms with Crippen LogP contribution < -0.4 is 0 Å². The monoisotopic (exact) mass is 488 g/mol. The van der Waals surface area contributed by atoms with E-state index in [1.54, 1.807) is 34.7 Å². The maximum absolute atomic E-state index is 10.5. The van der Waals surface area contributed by atoms with E-state index in [-0.39, 0.29) is 32.2 Å². The third-order valence-corrected chi connectivity index (χ3v) is 3.31. The van der Waals surface area contributed by atoms with Gasteiger partial charge < -0.3 is 4.55 Å². The first kappa shape index (κ1) is 12.8. The van der Waals surface area contributed by atoms with Crippen LogP contribution in [0.25, 0.3) is 0 Å². The second-order valence-corrected chi connectivity index (χ2v) is 4.39. The first-order valence-electron chi connectivity index (χ1n) is 2.72. The minimum atomic E-state index is -4.29. The first-order chi connectivity index (χ1) is 5.02. The number of hydrogen-bond donors (Lipinski definition) is 0. The zero-order valence-corrected chi connectivity index (χ0v) is 13.4. The Balaban J connectivity index is 0.00000121. The first-order valence-corrected chi connectivity index (χ1v) is 5.21. The van der Waals surface area contributed by atoms with Crippen LogP contribution in [0.1, 0.15) is 0 Å². The van der Waals surface area contributed by atoms with Gasteiger partial charge in [0.25, 0.3) is 0 Å². The third kappa shape index (κ3) is 3.26. The van der Waals surface area contributed by atoms with E-state index < -0.39 is 10.1 Å². The van der Waals surface area contributed by atoms with E-state index in [4.69, 9.17) is 0 Å². The standard InChI is InChI=1S/C6H5IO3S.Tl/c7-5-3-1-2-4-6(5)11(8,9)10;/h1-4H,(H,8,9,10);/q;+1/p-1. The average Bonchev–Trinajstić information content (AvgIpc) is 1.86. The molecule has 0 radical (unpaired) electrons. The summed E-state index contributed by atoms with van der Waals surface area (Å²) in [6.45, 7) is 0. The molecule has 0 amide bonds. The molecule has 1 rings (SSSR count). The molecule has 0 unspecified atom stereocenters. The van der Waals surface area contributed by atoms with Crippen molar-refractivity contribution in [2.75, 3.05) is 0 Å². The topological polar surface area (TPSA) is 57.2 Å². The molecule has 0 bridgehead atoms. The van der Waals surface area contributed by atoms with E-state index in [1.165, 1.54) is 12.1 Å². The van der Waals surface area contributed by atoms with E-state index in [0.717, 1.165) is 0 Å². The van der Waals surface area contributed by atoms with E-state index in [1.807, 2.05) is 0 Å². The van der Waals surface area contributed by atoms with Crippen LogP contribution in [0, 0.1) is 3.57 Å². The van der Waals surface area contributed by atoms with Gasteiger partial charge in [-0.15, -0.1) is 0 Å². The molecule has 0 aliphatic heterocycles. The molecule has 6 heteroatoms. The Bertz CT molecular complexity index is 363. The fraction of sp³-hybridized carbons (Fsp3) is 0. The molecule has 0 aliphatic rings. The SMILES string of the molecule is O=S(=O)([O-])c1ccccc1I.[Tl+]. The molecule has 0 spiro atoms. The largest absolute Gasteiger partial charge is 1.00 e. The Morgan fingerprint density at radius 2 is 1.75 bits per heavy atom. The molecule has 1 aromatic carbocycles. The summed E-state index contributed by atoms with van der Waals surface area (Å²) in [5, 5.41) is 0.